The Balaban J connectivity index is 1.37. The summed E-state index contributed by atoms with van der Waals surface area (Å²) in [5.74, 6) is 0. The van der Waals surface area contributed by atoms with Crippen molar-refractivity contribution < 1.29 is 4.79 Å². The number of benzene rings is 1. The molecule has 0 atom stereocenters. The molecule has 1 aliphatic rings. The molecule has 2 amide bonds. The maximum Gasteiger partial charge on any atom is 0.321 e. The Labute approximate surface area is 169 Å². The average Bonchev–Trinajstić information content (AvgIpc) is 3.21. The van der Waals surface area contributed by atoms with E-state index in [9.17, 15) is 4.79 Å². The number of rotatable bonds is 5. The number of amides is 2. The van der Waals surface area contributed by atoms with Gasteiger partial charge in [0.05, 0.1) is 17.9 Å². The molecule has 2 aromatic heterocycles. The van der Waals surface area contributed by atoms with E-state index in [0.29, 0.717) is 11.7 Å². The summed E-state index contributed by atoms with van der Waals surface area (Å²) in [5.41, 5.74) is 5.44. The molecule has 1 aromatic carbocycles. The summed E-state index contributed by atoms with van der Waals surface area (Å²) >= 11 is 1.60. The lowest BCUT2D eigenvalue weighted by Gasteiger charge is -2.07. The minimum absolute atomic E-state index is 0.222. The van der Waals surface area contributed by atoms with E-state index >= 15 is 0 Å². The number of nitrogens with zero attached hydrogens (tertiary/aromatic N) is 3. The van der Waals surface area contributed by atoms with E-state index in [-0.39, 0.29) is 6.03 Å². The average molecular weight is 396 g/mol. The number of fused-ring (bicyclic) bond motifs is 1. The monoisotopic (exact) mass is 395 g/mol. The van der Waals surface area contributed by atoms with Crippen LogP contribution < -0.4 is 10.6 Å². The van der Waals surface area contributed by atoms with Crippen molar-refractivity contribution in [1.82, 2.24) is 20.1 Å². The van der Waals surface area contributed by atoms with E-state index in [0.717, 1.165) is 42.0 Å². The number of aromatic nitrogens is 3. The highest BCUT2D eigenvalue weighted by molar-refractivity contribution is 7.15. The minimum atomic E-state index is -0.222. The van der Waals surface area contributed by atoms with Crippen LogP contribution in [0.1, 0.15) is 45.9 Å². The van der Waals surface area contributed by atoms with Crippen molar-refractivity contribution in [3.05, 3.63) is 63.4 Å². The van der Waals surface area contributed by atoms with Gasteiger partial charge in [0.15, 0.2) is 5.13 Å². The van der Waals surface area contributed by atoms with E-state index in [1.54, 1.807) is 11.3 Å². The zero-order chi connectivity index (χ0) is 19.5. The van der Waals surface area contributed by atoms with Gasteiger partial charge >= 0.3 is 6.03 Å². The van der Waals surface area contributed by atoms with Crippen LogP contribution >= 0.6 is 11.3 Å². The standard InChI is InChI=1S/C21H25N5OS/c1-14-17(15(2)26(25-14)13-16-8-4-3-5-9-16)12-22-20(27)24-21-23-18-10-6-7-11-19(18)28-21/h3-5,8-9H,6-7,10-13H2,1-2H3,(H2,22,23,24,27). The fourth-order valence-corrected chi connectivity index (χ4v) is 4.66. The molecule has 0 aliphatic heterocycles. The molecule has 0 spiro atoms. The Morgan fingerprint density at radius 3 is 2.75 bits per heavy atom. The molecular weight excluding hydrogens is 370 g/mol. The summed E-state index contributed by atoms with van der Waals surface area (Å²) in [6.07, 6.45) is 4.50. The molecular formula is C21H25N5OS. The van der Waals surface area contributed by atoms with Crippen LogP contribution in [0.15, 0.2) is 30.3 Å². The van der Waals surface area contributed by atoms with Gasteiger partial charge in [-0.15, -0.1) is 11.3 Å². The van der Waals surface area contributed by atoms with Gasteiger partial charge in [-0.1, -0.05) is 30.3 Å². The first kappa shape index (κ1) is 18.7. The molecule has 6 nitrogen and oxygen atoms in total. The van der Waals surface area contributed by atoms with Crippen molar-refractivity contribution in [1.29, 1.82) is 0 Å². The highest BCUT2D eigenvalue weighted by atomic mass is 32.1. The predicted octanol–water partition coefficient (Wildman–Crippen LogP) is 4.21. The summed E-state index contributed by atoms with van der Waals surface area (Å²) < 4.78 is 1.99. The summed E-state index contributed by atoms with van der Waals surface area (Å²) in [6, 6.07) is 10.0. The highest BCUT2D eigenvalue weighted by Gasteiger charge is 2.17. The van der Waals surface area contributed by atoms with Gasteiger partial charge in [0.25, 0.3) is 0 Å². The van der Waals surface area contributed by atoms with Crippen molar-refractivity contribution >= 4 is 22.5 Å². The van der Waals surface area contributed by atoms with E-state index in [1.165, 1.54) is 23.3 Å². The molecule has 28 heavy (non-hydrogen) atoms. The lowest BCUT2D eigenvalue weighted by Crippen LogP contribution is -2.28. The van der Waals surface area contributed by atoms with Crippen LogP contribution in [0.2, 0.25) is 0 Å². The minimum Gasteiger partial charge on any atom is -0.334 e. The zero-order valence-corrected chi connectivity index (χ0v) is 17.1. The third-order valence-corrected chi connectivity index (χ3v) is 6.27. The highest BCUT2D eigenvalue weighted by Crippen LogP contribution is 2.29. The largest absolute Gasteiger partial charge is 0.334 e. The summed E-state index contributed by atoms with van der Waals surface area (Å²) in [7, 11) is 0. The summed E-state index contributed by atoms with van der Waals surface area (Å²) in [4.78, 5) is 18.2. The van der Waals surface area contributed by atoms with Gasteiger partial charge in [-0.3, -0.25) is 10.00 Å². The molecule has 0 bridgehead atoms. The van der Waals surface area contributed by atoms with Gasteiger partial charge in [-0.2, -0.15) is 5.10 Å². The number of anilines is 1. The second-order valence-electron chi connectivity index (χ2n) is 7.20. The first-order chi connectivity index (χ1) is 13.6. The first-order valence-corrected chi connectivity index (χ1v) is 10.5. The molecule has 0 saturated heterocycles. The van der Waals surface area contributed by atoms with Crippen LogP contribution in [0.3, 0.4) is 0 Å². The number of carbonyl (C=O) groups is 1. The molecule has 0 fully saturated rings. The molecule has 4 rings (SSSR count). The molecule has 7 heteroatoms. The van der Waals surface area contributed by atoms with Crippen LogP contribution in [0.25, 0.3) is 0 Å². The summed E-state index contributed by atoms with van der Waals surface area (Å²) in [6.45, 7) is 5.21. The van der Waals surface area contributed by atoms with Crippen molar-refractivity contribution in [3.63, 3.8) is 0 Å². The van der Waals surface area contributed by atoms with Crippen molar-refractivity contribution in [2.45, 2.75) is 52.6 Å². The number of urea groups is 1. The lowest BCUT2D eigenvalue weighted by molar-refractivity contribution is 0.251. The van der Waals surface area contributed by atoms with Crippen LogP contribution in [0.5, 0.6) is 0 Å². The fraction of sp³-hybridized carbons (Fsp3) is 0.381. The molecule has 3 aromatic rings. The third-order valence-electron chi connectivity index (χ3n) is 5.20. The lowest BCUT2D eigenvalue weighted by atomic mass is 10.0. The zero-order valence-electron chi connectivity index (χ0n) is 16.3. The normalized spacial score (nSPS) is 13.2. The first-order valence-electron chi connectivity index (χ1n) is 9.70. The van der Waals surface area contributed by atoms with Crippen LogP contribution in [-0.4, -0.2) is 20.8 Å². The van der Waals surface area contributed by atoms with Crippen LogP contribution in [-0.2, 0) is 25.9 Å². The number of aryl methyl sites for hydroxylation is 3. The molecule has 0 saturated carbocycles. The van der Waals surface area contributed by atoms with E-state index < -0.39 is 0 Å². The van der Waals surface area contributed by atoms with Gasteiger partial charge in [-0.25, -0.2) is 9.78 Å². The van der Waals surface area contributed by atoms with E-state index in [2.05, 4.69) is 32.8 Å². The summed E-state index contributed by atoms with van der Waals surface area (Å²) in [5, 5.41) is 11.2. The van der Waals surface area contributed by atoms with Crippen molar-refractivity contribution in [3.8, 4) is 0 Å². The van der Waals surface area contributed by atoms with Crippen LogP contribution in [0.4, 0.5) is 9.93 Å². The topological polar surface area (TPSA) is 71.8 Å². The number of hydrogen-bond acceptors (Lipinski definition) is 4. The molecule has 0 radical (unpaired) electrons. The number of thiazole rings is 1. The van der Waals surface area contributed by atoms with E-state index in [1.807, 2.05) is 36.7 Å². The molecule has 1 aliphatic carbocycles. The van der Waals surface area contributed by atoms with Crippen molar-refractivity contribution in [2.24, 2.45) is 0 Å². The maximum atomic E-state index is 12.3. The van der Waals surface area contributed by atoms with E-state index in [4.69, 9.17) is 0 Å². The molecule has 2 N–H and O–H groups in total. The SMILES string of the molecule is Cc1nn(Cc2ccccc2)c(C)c1CNC(=O)Nc1nc2c(s1)CCCC2. The number of hydrogen-bond donors (Lipinski definition) is 2. The second-order valence-corrected chi connectivity index (χ2v) is 8.28. The quantitative estimate of drug-likeness (QED) is 0.680. The Hall–Kier alpha value is -2.67. The maximum absolute atomic E-state index is 12.3. The van der Waals surface area contributed by atoms with Crippen LogP contribution in [0, 0.1) is 13.8 Å². The smallest absolute Gasteiger partial charge is 0.321 e. The number of nitrogens with one attached hydrogen (secondary N) is 2. The van der Waals surface area contributed by atoms with Gasteiger partial charge in [0, 0.05) is 22.7 Å². The van der Waals surface area contributed by atoms with Gasteiger partial charge in [0.2, 0.25) is 0 Å². The second kappa shape index (κ2) is 8.14. The Bertz CT molecular complexity index is 953. The Morgan fingerprint density at radius 1 is 1.18 bits per heavy atom. The third kappa shape index (κ3) is 4.09. The van der Waals surface area contributed by atoms with Gasteiger partial charge in [-0.05, 0) is 45.1 Å². The van der Waals surface area contributed by atoms with Gasteiger partial charge < -0.3 is 5.32 Å². The van der Waals surface area contributed by atoms with Gasteiger partial charge in [0.1, 0.15) is 0 Å². The molecule has 0 unspecified atom stereocenters. The Kier molecular flexibility index (Phi) is 5.43. The number of carbonyl (C=O) groups excluding carboxylic acids is 1. The molecule has 2 heterocycles. The predicted molar refractivity (Wildman–Crippen MR) is 112 cm³/mol. The Morgan fingerprint density at radius 2 is 1.96 bits per heavy atom. The van der Waals surface area contributed by atoms with Crippen molar-refractivity contribution in [2.75, 3.05) is 5.32 Å². The molecule has 146 valence electrons. The fourth-order valence-electron chi connectivity index (χ4n) is 3.62.